The van der Waals surface area contributed by atoms with Crippen LogP contribution in [0, 0.1) is 5.92 Å². The first-order valence-electron chi connectivity index (χ1n) is 3.87. The van der Waals surface area contributed by atoms with Crippen LogP contribution >= 0.6 is 12.4 Å². The molecule has 0 amide bonds. The number of piperidine rings is 1. The fraction of sp³-hybridized carbons (Fsp3) is 0.857. The average molecular weight is 216 g/mol. The molecule has 13 heavy (non-hydrogen) atoms. The van der Waals surface area contributed by atoms with Gasteiger partial charge in [-0.1, -0.05) is 0 Å². The van der Waals surface area contributed by atoms with Crippen LogP contribution in [-0.4, -0.2) is 30.1 Å². The van der Waals surface area contributed by atoms with Crippen molar-refractivity contribution < 1.29 is 18.7 Å². The number of aliphatic carboxylic acids is 1. The van der Waals surface area contributed by atoms with Gasteiger partial charge < -0.3 is 10.4 Å². The second-order valence-electron chi connectivity index (χ2n) is 2.95. The maximum atomic E-state index is 12.8. The van der Waals surface area contributed by atoms with E-state index in [1.807, 2.05) is 0 Å². The van der Waals surface area contributed by atoms with E-state index >= 15 is 0 Å². The first kappa shape index (κ1) is 12.6. The van der Waals surface area contributed by atoms with Crippen LogP contribution in [0.1, 0.15) is 12.8 Å². The largest absolute Gasteiger partial charge is 0.477 e. The first-order valence-corrected chi connectivity index (χ1v) is 3.87. The molecule has 0 radical (unpaired) electrons. The van der Waals surface area contributed by atoms with Gasteiger partial charge in [0, 0.05) is 5.92 Å². The number of carbonyl (C=O) groups is 1. The highest BCUT2D eigenvalue weighted by Gasteiger charge is 2.47. The van der Waals surface area contributed by atoms with Crippen LogP contribution in [0.4, 0.5) is 8.78 Å². The van der Waals surface area contributed by atoms with Crippen LogP contribution in [-0.2, 0) is 4.79 Å². The van der Waals surface area contributed by atoms with E-state index in [-0.39, 0.29) is 25.2 Å². The summed E-state index contributed by atoms with van der Waals surface area (Å²) in [6.07, 6.45) is 0.471. The van der Waals surface area contributed by atoms with Crippen molar-refractivity contribution in [2.24, 2.45) is 5.92 Å². The fourth-order valence-corrected chi connectivity index (χ4v) is 1.36. The Balaban J connectivity index is 0.00000144. The second kappa shape index (κ2) is 4.72. The minimum atomic E-state index is -3.55. The highest BCUT2D eigenvalue weighted by atomic mass is 35.5. The van der Waals surface area contributed by atoms with Crippen molar-refractivity contribution in [2.75, 3.05) is 13.1 Å². The molecular formula is C7H12ClF2NO2. The predicted molar refractivity (Wildman–Crippen MR) is 45.4 cm³/mol. The van der Waals surface area contributed by atoms with Crippen molar-refractivity contribution in [1.29, 1.82) is 0 Å². The number of carboxylic acids is 1. The Labute approximate surface area is 80.9 Å². The van der Waals surface area contributed by atoms with Gasteiger partial charge in [0.1, 0.15) is 0 Å². The maximum absolute atomic E-state index is 12.8. The zero-order valence-corrected chi connectivity index (χ0v) is 7.74. The number of alkyl halides is 2. The molecule has 0 aliphatic carbocycles. The smallest absolute Gasteiger partial charge is 0.374 e. The molecule has 0 atom stereocenters. The summed E-state index contributed by atoms with van der Waals surface area (Å²) >= 11 is 0. The topological polar surface area (TPSA) is 49.3 Å². The molecule has 1 aliphatic heterocycles. The summed E-state index contributed by atoms with van der Waals surface area (Å²) < 4.78 is 25.6. The van der Waals surface area contributed by atoms with Gasteiger partial charge >= 0.3 is 11.9 Å². The Morgan fingerprint density at radius 3 is 2.23 bits per heavy atom. The van der Waals surface area contributed by atoms with E-state index in [9.17, 15) is 13.6 Å². The van der Waals surface area contributed by atoms with Crippen LogP contribution in [0.25, 0.3) is 0 Å². The first-order chi connectivity index (χ1) is 5.55. The maximum Gasteiger partial charge on any atom is 0.374 e. The van der Waals surface area contributed by atoms with Crippen LogP contribution in [0.5, 0.6) is 0 Å². The molecule has 78 valence electrons. The predicted octanol–water partition coefficient (Wildman–Crippen LogP) is 1.13. The zero-order valence-electron chi connectivity index (χ0n) is 6.93. The Bertz CT molecular complexity index is 183. The number of halogens is 3. The molecule has 1 aliphatic rings. The van der Waals surface area contributed by atoms with Gasteiger partial charge in [-0.2, -0.15) is 8.78 Å². The standard InChI is InChI=1S/C7H11F2NO2.ClH/c8-7(9,6(11)12)5-1-3-10-4-2-5;/h5,10H,1-4H2,(H,11,12);1H. The Morgan fingerprint density at radius 1 is 1.38 bits per heavy atom. The molecule has 1 fully saturated rings. The van der Waals surface area contributed by atoms with Crippen LogP contribution in [0.3, 0.4) is 0 Å². The summed E-state index contributed by atoms with van der Waals surface area (Å²) in [6, 6.07) is 0. The molecule has 3 nitrogen and oxygen atoms in total. The summed E-state index contributed by atoms with van der Waals surface area (Å²) in [6.45, 7) is 0.959. The van der Waals surface area contributed by atoms with Gasteiger partial charge in [0.15, 0.2) is 0 Å². The third kappa shape index (κ3) is 2.77. The minimum absolute atomic E-state index is 0. The minimum Gasteiger partial charge on any atom is -0.477 e. The van der Waals surface area contributed by atoms with Crippen molar-refractivity contribution in [3.8, 4) is 0 Å². The molecule has 0 spiro atoms. The van der Waals surface area contributed by atoms with Crippen molar-refractivity contribution in [1.82, 2.24) is 5.32 Å². The molecule has 0 aromatic carbocycles. The van der Waals surface area contributed by atoms with E-state index < -0.39 is 17.8 Å². The Hall–Kier alpha value is -0.420. The number of rotatable bonds is 2. The molecular weight excluding hydrogens is 204 g/mol. The Kier molecular flexibility index (Phi) is 4.56. The molecule has 2 N–H and O–H groups in total. The average Bonchev–Trinajstić information content (AvgIpc) is 2.06. The Morgan fingerprint density at radius 2 is 1.85 bits per heavy atom. The van der Waals surface area contributed by atoms with Crippen LogP contribution in [0.2, 0.25) is 0 Å². The molecule has 0 saturated carbocycles. The zero-order chi connectivity index (χ0) is 9.19. The lowest BCUT2D eigenvalue weighted by atomic mass is 9.91. The van der Waals surface area contributed by atoms with Crippen molar-refractivity contribution in [3.63, 3.8) is 0 Å². The SMILES string of the molecule is Cl.O=C(O)C(F)(F)C1CCNCC1. The fourth-order valence-electron chi connectivity index (χ4n) is 1.36. The van der Waals surface area contributed by atoms with Gasteiger partial charge in [-0.3, -0.25) is 0 Å². The molecule has 1 rings (SSSR count). The van der Waals surface area contributed by atoms with Gasteiger partial charge in [0.25, 0.3) is 0 Å². The highest BCUT2D eigenvalue weighted by molar-refractivity contribution is 5.85. The van der Waals surface area contributed by atoms with Crippen molar-refractivity contribution in [2.45, 2.75) is 18.8 Å². The van der Waals surface area contributed by atoms with E-state index in [0.29, 0.717) is 13.1 Å². The summed E-state index contributed by atoms with van der Waals surface area (Å²) in [4.78, 5) is 10.1. The van der Waals surface area contributed by atoms with E-state index in [1.54, 1.807) is 0 Å². The molecule has 0 aromatic rings. The summed E-state index contributed by atoms with van der Waals surface area (Å²) in [5.41, 5.74) is 0. The van der Waals surface area contributed by atoms with Crippen molar-refractivity contribution >= 4 is 18.4 Å². The number of carboxylic acid groups (broad SMARTS) is 1. The highest BCUT2D eigenvalue weighted by Crippen LogP contribution is 2.31. The molecule has 0 unspecified atom stereocenters. The lowest BCUT2D eigenvalue weighted by Crippen LogP contribution is -2.43. The monoisotopic (exact) mass is 215 g/mol. The number of hydrogen-bond acceptors (Lipinski definition) is 2. The summed E-state index contributed by atoms with van der Waals surface area (Å²) in [5, 5.41) is 11.1. The molecule has 0 bridgehead atoms. The van der Waals surface area contributed by atoms with Gasteiger partial charge in [0.2, 0.25) is 0 Å². The quantitative estimate of drug-likeness (QED) is 0.726. The summed E-state index contributed by atoms with van der Waals surface area (Å²) in [5.74, 6) is -6.56. The van der Waals surface area contributed by atoms with Crippen LogP contribution < -0.4 is 5.32 Å². The number of nitrogens with one attached hydrogen (secondary N) is 1. The molecule has 6 heteroatoms. The van der Waals surface area contributed by atoms with E-state index in [2.05, 4.69) is 5.32 Å². The number of hydrogen-bond donors (Lipinski definition) is 2. The van der Waals surface area contributed by atoms with E-state index in [1.165, 1.54) is 0 Å². The van der Waals surface area contributed by atoms with Gasteiger partial charge in [-0.15, -0.1) is 12.4 Å². The third-order valence-electron chi connectivity index (χ3n) is 2.14. The lowest BCUT2D eigenvalue weighted by molar-refractivity contribution is -0.174. The normalized spacial score (nSPS) is 19.2. The van der Waals surface area contributed by atoms with Crippen molar-refractivity contribution in [3.05, 3.63) is 0 Å². The second-order valence-corrected chi connectivity index (χ2v) is 2.95. The third-order valence-corrected chi connectivity index (χ3v) is 2.14. The molecule has 1 heterocycles. The van der Waals surface area contributed by atoms with Gasteiger partial charge in [0.05, 0.1) is 0 Å². The molecule has 0 aromatic heterocycles. The van der Waals surface area contributed by atoms with Gasteiger partial charge in [-0.25, -0.2) is 4.79 Å². The lowest BCUT2D eigenvalue weighted by Gasteiger charge is -2.27. The summed E-state index contributed by atoms with van der Waals surface area (Å²) in [7, 11) is 0. The van der Waals surface area contributed by atoms with Crippen LogP contribution in [0.15, 0.2) is 0 Å². The molecule has 1 saturated heterocycles. The van der Waals surface area contributed by atoms with E-state index in [4.69, 9.17) is 5.11 Å². The van der Waals surface area contributed by atoms with Gasteiger partial charge in [-0.05, 0) is 25.9 Å². The van der Waals surface area contributed by atoms with E-state index in [0.717, 1.165) is 0 Å².